The second-order valence-electron chi connectivity index (χ2n) is 4.31. The third kappa shape index (κ3) is 2.59. The molecular formula is C11H20N4O. The maximum absolute atomic E-state index is 5.70. The summed E-state index contributed by atoms with van der Waals surface area (Å²) in [5.41, 5.74) is 0. The molecule has 0 saturated carbocycles. The lowest BCUT2D eigenvalue weighted by Crippen LogP contribution is -2.39. The minimum absolute atomic E-state index is 0.373. The van der Waals surface area contributed by atoms with E-state index in [-0.39, 0.29) is 0 Å². The SMILES string of the molecule is CC[C@@H](NCc1nncn1C)[C@H]1CCCO1. The highest BCUT2D eigenvalue weighted by molar-refractivity contribution is 4.87. The van der Waals surface area contributed by atoms with Gasteiger partial charge in [0.1, 0.15) is 12.2 Å². The molecule has 5 nitrogen and oxygen atoms in total. The van der Waals surface area contributed by atoms with E-state index in [9.17, 15) is 0 Å². The van der Waals surface area contributed by atoms with Crippen LogP contribution in [0.5, 0.6) is 0 Å². The Morgan fingerprint density at radius 2 is 2.56 bits per heavy atom. The second-order valence-corrected chi connectivity index (χ2v) is 4.31. The molecule has 1 aromatic heterocycles. The normalized spacial score (nSPS) is 22.5. The number of nitrogens with zero attached hydrogens (tertiary/aromatic N) is 3. The van der Waals surface area contributed by atoms with Crippen molar-refractivity contribution in [2.45, 2.75) is 44.9 Å². The van der Waals surface area contributed by atoms with E-state index in [1.807, 2.05) is 11.6 Å². The third-order valence-corrected chi connectivity index (χ3v) is 3.18. The Hall–Kier alpha value is -0.940. The van der Waals surface area contributed by atoms with Crippen molar-refractivity contribution < 1.29 is 4.74 Å². The van der Waals surface area contributed by atoms with Gasteiger partial charge in [0, 0.05) is 19.7 Å². The summed E-state index contributed by atoms with van der Waals surface area (Å²) >= 11 is 0. The zero-order chi connectivity index (χ0) is 11.4. The van der Waals surface area contributed by atoms with Crippen molar-refractivity contribution in [3.05, 3.63) is 12.2 Å². The molecule has 0 radical (unpaired) electrons. The van der Waals surface area contributed by atoms with Crippen molar-refractivity contribution in [3.8, 4) is 0 Å². The lowest BCUT2D eigenvalue weighted by atomic mass is 10.1. The average molecular weight is 224 g/mol. The van der Waals surface area contributed by atoms with Crippen molar-refractivity contribution in [2.75, 3.05) is 6.61 Å². The van der Waals surface area contributed by atoms with Crippen LogP contribution in [0, 0.1) is 0 Å². The van der Waals surface area contributed by atoms with Crippen LogP contribution in [0.25, 0.3) is 0 Å². The zero-order valence-electron chi connectivity index (χ0n) is 10.0. The Balaban J connectivity index is 1.85. The van der Waals surface area contributed by atoms with E-state index < -0.39 is 0 Å². The summed E-state index contributed by atoms with van der Waals surface area (Å²) in [5.74, 6) is 0.969. The molecule has 16 heavy (non-hydrogen) atoms. The predicted octanol–water partition coefficient (Wildman–Crippen LogP) is 0.862. The lowest BCUT2D eigenvalue weighted by Gasteiger charge is -2.22. The molecule has 1 saturated heterocycles. The molecule has 5 heteroatoms. The molecule has 0 aliphatic carbocycles. The van der Waals surface area contributed by atoms with Crippen LogP contribution >= 0.6 is 0 Å². The fourth-order valence-electron chi connectivity index (χ4n) is 2.15. The van der Waals surface area contributed by atoms with Gasteiger partial charge in [-0.2, -0.15) is 0 Å². The summed E-state index contributed by atoms with van der Waals surface area (Å²) in [6.07, 6.45) is 5.54. The second kappa shape index (κ2) is 5.41. The van der Waals surface area contributed by atoms with Gasteiger partial charge in [-0.15, -0.1) is 10.2 Å². The van der Waals surface area contributed by atoms with Crippen molar-refractivity contribution in [3.63, 3.8) is 0 Å². The molecule has 0 bridgehead atoms. The Morgan fingerprint density at radius 3 is 3.12 bits per heavy atom. The van der Waals surface area contributed by atoms with Gasteiger partial charge in [0.25, 0.3) is 0 Å². The molecule has 1 aromatic rings. The first-order valence-corrected chi connectivity index (χ1v) is 5.99. The van der Waals surface area contributed by atoms with E-state index in [0.29, 0.717) is 12.1 Å². The van der Waals surface area contributed by atoms with Crippen molar-refractivity contribution in [2.24, 2.45) is 7.05 Å². The largest absolute Gasteiger partial charge is 0.377 e. The molecule has 1 fully saturated rings. The molecule has 2 rings (SSSR count). The van der Waals surface area contributed by atoms with Gasteiger partial charge in [-0.3, -0.25) is 0 Å². The molecule has 2 heterocycles. The number of hydrogen-bond acceptors (Lipinski definition) is 4. The van der Waals surface area contributed by atoms with Crippen molar-refractivity contribution in [1.29, 1.82) is 0 Å². The smallest absolute Gasteiger partial charge is 0.146 e. The average Bonchev–Trinajstić information content (AvgIpc) is 2.92. The van der Waals surface area contributed by atoms with Crippen LogP contribution in [0.2, 0.25) is 0 Å². The summed E-state index contributed by atoms with van der Waals surface area (Å²) in [4.78, 5) is 0. The zero-order valence-corrected chi connectivity index (χ0v) is 10.0. The van der Waals surface area contributed by atoms with Gasteiger partial charge in [-0.05, 0) is 19.3 Å². The highest BCUT2D eigenvalue weighted by Gasteiger charge is 2.24. The fourth-order valence-corrected chi connectivity index (χ4v) is 2.15. The molecule has 1 aliphatic heterocycles. The number of aryl methyl sites for hydroxylation is 1. The van der Waals surface area contributed by atoms with E-state index >= 15 is 0 Å². The number of rotatable bonds is 5. The summed E-state index contributed by atoms with van der Waals surface area (Å²) in [7, 11) is 1.96. The number of nitrogens with one attached hydrogen (secondary N) is 1. The van der Waals surface area contributed by atoms with Gasteiger partial charge in [0.15, 0.2) is 0 Å². The molecule has 1 aliphatic rings. The Morgan fingerprint density at radius 1 is 1.69 bits per heavy atom. The number of ether oxygens (including phenoxy) is 1. The van der Waals surface area contributed by atoms with Gasteiger partial charge in [0.2, 0.25) is 0 Å². The maximum atomic E-state index is 5.70. The van der Waals surface area contributed by atoms with Crippen LogP contribution in [0.1, 0.15) is 32.0 Å². The van der Waals surface area contributed by atoms with E-state index in [1.165, 1.54) is 12.8 Å². The number of aromatic nitrogens is 3. The van der Waals surface area contributed by atoms with E-state index in [1.54, 1.807) is 6.33 Å². The molecule has 0 aromatic carbocycles. The van der Waals surface area contributed by atoms with Gasteiger partial charge < -0.3 is 14.6 Å². The monoisotopic (exact) mass is 224 g/mol. The van der Waals surface area contributed by atoms with Gasteiger partial charge in [-0.25, -0.2) is 0 Å². The molecule has 90 valence electrons. The van der Waals surface area contributed by atoms with Gasteiger partial charge >= 0.3 is 0 Å². The standard InChI is InChI=1S/C11H20N4O/c1-3-9(10-5-4-6-16-10)12-7-11-14-13-8-15(11)2/h8-10,12H,3-7H2,1-2H3/t9-,10-/m1/s1. The molecule has 1 N–H and O–H groups in total. The Kier molecular flexibility index (Phi) is 3.90. The molecule has 2 atom stereocenters. The van der Waals surface area contributed by atoms with Gasteiger partial charge in [0.05, 0.1) is 12.6 Å². The lowest BCUT2D eigenvalue weighted by molar-refractivity contribution is 0.0761. The molecule has 0 unspecified atom stereocenters. The van der Waals surface area contributed by atoms with Gasteiger partial charge in [-0.1, -0.05) is 6.92 Å². The highest BCUT2D eigenvalue weighted by atomic mass is 16.5. The first-order chi connectivity index (χ1) is 7.81. The van der Waals surface area contributed by atoms with E-state index in [4.69, 9.17) is 4.74 Å². The van der Waals surface area contributed by atoms with Crippen molar-refractivity contribution >= 4 is 0 Å². The quantitative estimate of drug-likeness (QED) is 0.806. The molecule has 0 amide bonds. The third-order valence-electron chi connectivity index (χ3n) is 3.18. The van der Waals surface area contributed by atoms with Crippen LogP contribution in [0.3, 0.4) is 0 Å². The van der Waals surface area contributed by atoms with Crippen LogP contribution < -0.4 is 5.32 Å². The van der Waals surface area contributed by atoms with Crippen LogP contribution in [-0.4, -0.2) is 33.5 Å². The summed E-state index contributed by atoms with van der Waals surface area (Å²) in [6, 6.07) is 0.430. The van der Waals surface area contributed by atoms with E-state index in [0.717, 1.165) is 25.4 Å². The van der Waals surface area contributed by atoms with E-state index in [2.05, 4.69) is 22.4 Å². The van der Waals surface area contributed by atoms with Crippen LogP contribution in [0.4, 0.5) is 0 Å². The topological polar surface area (TPSA) is 52.0 Å². The minimum Gasteiger partial charge on any atom is -0.377 e. The number of hydrogen-bond donors (Lipinski definition) is 1. The van der Waals surface area contributed by atoms with Crippen LogP contribution in [-0.2, 0) is 18.3 Å². The predicted molar refractivity (Wildman–Crippen MR) is 60.9 cm³/mol. The van der Waals surface area contributed by atoms with Crippen LogP contribution in [0.15, 0.2) is 6.33 Å². The highest BCUT2D eigenvalue weighted by Crippen LogP contribution is 2.17. The summed E-state index contributed by atoms with van der Waals surface area (Å²) < 4.78 is 7.64. The van der Waals surface area contributed by atoms with Crippen molar-refractivity contribution in [1.82, 2.24) is 20.1 Å². The molecule has 0 spiro atoms. The first-order valence-electron chi connectivity index (χ1n) is 5.99. The Labute approximate surface area is 96.2 Å². The fraction of sp³-hybridized carbons (Fsp3) is 0.818. The summed E-state index contributed by atoms with van der Waals surface area (Å²) in [5, 5.41) is 11.4. The molecular weight excluding hydrogens is 204 g/mol. The Bertz CT molecular complexity index is 320. The first kappa shape index (κ1) is 11.5. The maximum Gasteiger partial charge on any atom is 0.146 e. The minimum atomic E-state index is 0.373. The summed E-state index contributed by atoms with van der Waals surface area (Å²) in [6.45, 7) is 3.86.